The zero-order valence-electron chi connectivity index (χ0n) is 9.79. The first kappa shape index (κ1) is 12.8. The molecule has 0 aromatic heterocycles. The van der Waals surface area contributed by atoms with E-state index in [4.69, 9.17) is 4.74 Å². The standard InChI is InChI=1S/C11H21NO2S/c1-8(2)15-7-6-10(11(13)14-3)12-9-4-5-9/h8-10,12H,4-7H2,1-3H3. The van der Waals surface area contributed by atoms with Gasteiger partial charge in [-0.3, -0.25) is 4.79 Å². The maximum Gasteiger partial charge on any atom is 0.322 e. The van der Waals surface area contributed by atoms with E-state index >= 15 is 0 Å². The first-order valence-electron chi connectivity index (χ1n) is 5.59. The Bertz CT molecular complexity index is 205. The van der Waals surface area contributed by atoms with Gasteiger partial charge in [-0.1, -0.05) is 13.8 Å². The van der Waals surface area contributed by atoms with Gasteiger partial charge >= 0.3 is 5.97 Å². The molecule has 1 atom stereocenters. The molecule has 1 saturated carbocycles. The molecule has 0 aliphatic heterocycles. The molecule has 1 unspecified atom stereocenters. The van der Waals surface area contributed by atoms with Gasteiger partial charge in [-0.25, -0.2) is 0 Å². The van der Waals surface area contributed by atoms with Gasteiger partial charge < -0.3 is 10.1 Å². The van der Waals surface area contributed by atoms with Crippen molar-refractivity contribution in [2.24, 2.45) is 0 Å². The Morgan fingerprint density at radius 2 is 2.20 bits per heavy atom. The smallest absolute Gasteiger partial charge is 0.322 e. The van der Waals surface area contributed by atoms with Crippen molar-refractivity contribution >= 4 is 17.7 Å². The molecule has 0 saturated heterocycles. The zero-order chi connectivity index (χ0) is 11.3. The molecule has 0 amide bonds. The van der Waals surface area contributed by atoms with Gasteiger partial charge in [-0.05, 0) is 30.3 Å². The molecule has 0 aromatic rings. The van der Waals surface area contributed by atoms with E-state index in [0.717, 1.165) is 12.2 Å². The Kier molecular flexibility index (Phi) is 5.47. The van der Waals surface area contributed by atoms with Crippen molar-refractivity contribution in [1.29, 1.82) is 0 Å². The summed E-state index contributed by atoms with van der Waals surface area (Å²) in [6.45, 7) is 4.35. The number of esters is 1. The summed E-state index contributed by atoms with van der Waals surface area (Å²) in [4.78, 5) is 11.5. The van der Waals surface area contributed by atoms with Crippen LogP contribution in [0.4, 0.5) is 0 Å². The number of nitrogens with one attached hydrogen (secondary N) is 1. The molecule has 1 N–H and O–H groups in total. The van der Waals surface area contributed by atoms with Gasteiger partial charge in [-0.2, -0.15) is 11.8 Å². The van der Waals surface area contributed by atoms with Crippen LogP contribution in [0.1, 0.15) is 33.1 Å². The second kappa shape index (κ2) is 6.38. The van der Waals surface area contributed by atoms with Crippen molar-refractivity contribution in [3.05, 3.63) is 0 Å². The summed E-state index contributed by atoms with van der Waals surface area (Å²) in [6, 6.07) is 0.451. The van der Waals surface area contributed by atoms with Crippen molar-refractivity contribution in [2.45, 2.75) is 50.4 Å². The quantitative estimate of drug-likeness (QED) is 0.678. The molecule has 88 valence electrons. The number of carbonyl (C=O) groups excluding carboxylic acids is 1. The lowest BCUT2D eigenvalue weighted by molar-refractivity contribution is -0.143. The Morgan fingerprint density at radius 3 is 2.67 bits per heavy atom. The number of thioether (sulfide) groups is 1. The Hall–Kier alpha value is -0.220. The van der Waals surface area contributed by atoms with E-state index in [2.05, 4.69) is 19.2 Å². The van der Waals surface area contributed by atoms with E-state index in [1.165, 1.54) is 20.0 Å². The lowest BCUT2D eigenvalue weighted by Gasteiger charge is -2.16. The molecule has 3 nitrogen and oxygen atoms in total. The van der Waals surface area contributed by atoms with Crippen LogP contribution in [0.5, 0.6) is 0 Å². The summed E-state index contributed by atoms with van der Waals surface area (Å²) in [5.41, 5.74) is 0. The highest BCUT2D eigenvalue weighted by molar-refractivity contribution is 7.99. The van der Waals surface area contributed by atoms with Crippen LogP contribution in [-0.2, 0) is 9.53 Å². The lowest BCUT2D eigenvalue weighted by Crippen LogP contribution is -2.39. The first-order valence-corrected chi connectivity index (χ1v) is 6.64. The van der Waals surface area contributed by atoms with E-state index in [0.29, 0.717) is 11.3 Å². The first-order chi connectivity index (χ1) is 7.13. The molecule has 1 rings (SSSR count). The number of hydrogen-bond donors (Lipinski definition) is 1. The summed E-state index contributed by atoms with van der Waals surface area (Å²) in [5, 5.41) is 3.96. The molecule has 0 bridgehead atoms. The monoisotopic (exact) mass is 231 g/mol. The topological polar surface area (TPSA) is 38.3 Å². The minimum absolute atomic E-state index is 0.103. The van der Waals surface area contributed by atoms with E-state index in [-0.39, 0.29) is 12.0 Å². The van der Waals surface area contributed by atoms with Crippen LogP contribution in [-0.4, -0.2) is 36.2 Å². The fourth-order valence-electron chi connectivity index (χ4n) is 1.37. The predicted octanol–water partition coefficient (Wildman–Crippen LogP) is 1.81. The molecular weight excluding hydrogens is 210 g/mol. The molecule has 0 aromatic carbocycles. The Labute approximate surface area is 96.3 Å². The second-order valence-electron chi connectivity index (χ2n) is 4.22. The van der Waals surface area contributed by atoms with Crippen molar-refractivity contribution < 1.29 is 9.53 Å². The SMILES string of the molecule is COC(=O)C(CCSC(C)C)NC1CC1. The summed E-state index contributed by atoms with van der Waals surface area (Å²) >= 11 is 1.89. The number of methoxy groups -OCH3 is 1. The van der Waals surface area contributed by atoms with Crippen LogP contribution in [0.2, 0.25) is 0 Å². The lowest BCUT2D eigenvalue weighted by atomic mass is 10.2. The summed E-state index contributed by atoms with van der Waals surface area (Å²) in [5.74, 6) is 0.892. The van der Waals surface area contributed by atoms with E-state index in [9.17, 15) is 4.79 Å². The Balaban J connectivity index is 2.24. The highest BCUT2D eigenvalue weighted by Crippen LogP contribution is 2.21. The van der Waals surface area contributed by atoms with Crippen LogP contribution in [0.15, 0.2) is 0 Å². The third kappa shape index (κ3) is 5.42. The third-order valence-electron chi connectivity index (χ3n) is 2.36. The molecule has 1 fully saturated rings. The summed E-state index contributed by atoms with van der Waals surface area (Å²) in [7, 11) is 1.46. The highest BCUT2D eigenvalue weighted by Gasteiger charge is 2.28. The maximum atomic E-state index is 11.5. The van der Waals surface area contributed by atoms with Crippen molar-refractivity contribution in [3.63, 3.8) is 0 Å². The molecule has 1 aliphatic carbocycles. The van der Waals surface area contributed by atoms with Crippen LogP contribution < -0.4 is 5.32 Å². The molecule has 0 heterocycles. The van der Waals surface area contributed by atoms with Gasteiger partial charge in [0.05, 0.1) is 7.11 Å². The largest absolute Gasteiger partial charge is 0.468 e. The number of hydrogen-bond acceptors (Lipinski definition) is 4. The van der Waals surface area contributed by atoms with Crippen LogP contribution in [0.3, 0.4) is 0 Å². The minimum Gasteiger partial charge on any atom is -0.468 e. The van der Waals surface area contributed by atoms with Crippen LogP contribution in [0.25, 0.3) is 0 Å². The highest BCUT2D eigenvalue weighted by atomic mass is 32.2. The van der Waals surface area contributed by atoms with E-state index in [1.807, 2.05) is 11.8 Å². The van der Waals surface area contributed by atoms with E-state index in [1.54, 1.807) is 0 Å². The van der Waals surface area contributed by atoms with Gasteiger partial charge in [-0.15, -0.1) is 0 Å². The predicted molar refractivity (Wildman–Crippen MR) is 64.2 cm³/mol. The number of rotatable bonds is 7. The summed E-state index contributed by atoms with van der Waals surface area (Å²) < 4.78 is 4.79. The fourth-order valence-corrected chi connectivity index (χ4v) is 2.21. The van der Waals surface area contributed by atoms with Crippen molar-refractivity contribution in [2.75, 3.05) is 12.9 Å². The van der Waals surface area contributed by atoms with E-state index < -0.39 is 0 Å². The molecule has 15 heavy (non-hydrogen) atoms. The molecular formula is C11H21NO2S. The van der Waals surface area contributed by atoms with Crippen molar-refractivity contribution in [1.82, 2.24) is 5.32 Å². The summed E-state index contributed by atoms with van der Waals surface area (Å²) in [6.07, 6.45) is 3.27. The molecule has 1 aliphatic rings. The zero-order valence-corrected chi connectivity index (χ0v) is 10.6. The van der Waals surface area contributed by atoms with Gasteiger partial charge in [0, 0.05) is 6.04 Å². The Morgan fingerprint density at radius 1 is 1.53 bits per heavy atom. The number of ether oxygens (including phenoxy) is 1. The van der Waals surface area contributed by atoms with Gasteiger partial charge in [0.1, 0.15) is 6.04 Å². The number of carbonyl (C=O) groups is 1. The van der Waals surface area contributed by atoms with Crippen LogP contribution in [0, 0.1) is 0 Å². The van der Waals surface area contributed by atoms with Crippen LogP contribution >= 0.6 is 11.8 Å². The van der Waals surface area contributed by atoms with Gasteiger partial charge in [0.15, 0.2) is 0 Å². The third-order valence-corrected chi connectivity index (χ3v) is 3.50. The van der Waals surface area contributed by atoms with Gasteiger partial charge in [0.25, 0.3) is 0 Å². The fraction of sp³-hybridized carbons (Fsp3) is 0.909. The normalized spacial score (nSPS) is 17.9. The van der Waals surface area contributed by atoms with Crippen molar-refractivity contribution in [3.8, 4) is 0 Å². The molecule has 0 spiro atoms. The average Bonchev–Trinajstić information content (AvgIpc) is 2.98. The molecule has 0 radical (unpaired) electrons. The van der Waals surface area contributed by atoms with Gasteiger partial charge in [0.2, 0.25) is 0 Å². The molecule has 4 heteroatoms. The second-order valence-corrected chi connectivity index (χ2v) is 5.91. The minimum atomic E-state index is -0.119. The average molecular weight is 231 g/mol. The maximum absolute atomic E-state index is 11.5.